The third-order valence-electron chi connectivity index (χ3n) is 3.84. The molecular formula is C17H23NO3. The maximum absolute atomic E-state index is 11.9. The van der Waals surface area contributed by atoms with Crippen molar-refractivity contribution in [3.05, 3.63) is 29.8 Å². The number of para-hydroxylation sites is 1. The third-order valence-corrected chi connectivity index (χ3v) is 3.84. The minimum atomic E-state index is -0.111. The highest BCUT2D eigenvalue weighted by atomic mass is 16.5. The van der Waals surface area contributed by atoms with E-state index in [0.29, 0.717) is 17.7 Å². The summed E-state index contributed by atoms with van der Waals surface area (Å²) in [6, 6.07) is 7.36. The normalized spacial score (nSPS) is 15.5. The van der Waals surface area contributed by atoms with E-state index in [9.17, 15) is 9.59 Å². The van der Waals surface area contributed by atoms with E-state index >= 15 is 0 Å². The van der Waals surface area contributed by atoms with Crippen LogP contribution in [-0.4, -0.2) is 24.3 Å². The van der Waals surface area contributed by atoms with E-state index in [1.807, 2.05) is 6.92 Å². The quantitative estimate of drug-likeness (QED) is 0.819. The summed E-state index contributed by atoms with van der Waals surface area (Å²) in [5.74, 6) is 0.405. The Bertz CT molecular complexity index is 493. The van der Waals surface area contributed by atoms with Crippen LogP contribution in [0.2, 0.25) is 0 Å². The largest absolute Gasteiger partial charge is 0.483 e. The SMILES string of the molecule is CCC(=O)c1ccccc1OCC(=O)NC1CCCCC1. The van der Waals surface area contributed by atoms with Gasteiger partial charge in [-0.15, -0.1) is 0 Å². The summed E-state index contributed by atoms with van der Waals surface area (Å²) in [7, 11) is 0. The van der Waals surface area contributed by atoms with Gasteiger partial charge in [-0.25, -0.2) is 0 Å². The molecule has 1 saturated carbocycles. The second kappa shape index (κ2) is 7.81. The highest BCUT2D eigenvalue weighted by Gasteiger charge is 2.16. The lowest BCUT2D eigenvalue weighted by Gasteiger charge is -2.22. The van der Waals surface area contributed by atoms with Crippen LogP contribution in [0.4, 0.5) is 0 Å². The molecule has 0 aromatic heterocycles. The first-order valence-corrected chi connectivity index (χ1v) is 7.75. The Labute approximate surface area is 125 Å². The van der Waals surface area contributed by atoms with Crippen LogP contribution in [0.3, 0.4) is 0 Å². The average molecular weight is 289 g/mol. The predicted octanol–water partition coefficient (Wildman–Crippen LogP) is 3.11. The zero-order valence-electron chi connectivity index (χ0n) is 12.6. The molecule has 21 heavy (non-hydrogen) atoms. The summed E-state index contributed by atoms with van der Waals surface area (Å²) in [4.78, 5) is 23.7. The maximum atomic E-state index is 11.9. The Morgan fingerprint density at radius 2 is 1.90 bits per heavy atom. The summed E-state index contributed by atoms with van der Waals surface area (Å²) in [5, 5.41) is 3.00. The van der Waals surface area contributed by atoms with Crippen molar-refractivity contribution in [1.82, 2.24) is 5.32 Å². The van der Waals surface area contributed by atoms with Gasteiger partial charge in [-0.05, 0) is 25.0 Å². The standard InChI is InChI=1S/C17H23NO3/c1-2-15(19)14-10-6-7-11-16(14)21-12-17(20)18-13-8-4-3-5-9-13/h6-7,10-11,13H,2-5,8-9,12H2,1H3,(H,18,20). The van der Waals surface area contributed by atoms with Gasteiger partial charge in [0.1, 0.15) is 5.75 Å². The van der Waals surface area contributed by atoms with Crippen molar-refractivity contribution in [1.29, 1.82) is 0 Å². The first-order chi connectivity index (χ1) is 10.2. The number of amides is 1. The van der Waals surface area contributed by atoms with E-state index in [1.54, 1.807) is 24.3 Å². The topological polar surface area (TPSA) is 55.4 Å². The molecule has 1 aliphatic rings. The van der Waals surface area contributed by atoms with Crippen molar-refractivity contribution < 1.29 is 14.3 Å². The van der Waals surface area contributed by atoms with Gasteiger partial charge in [0, 0.05) is 12.5 Å². The molecule has 4 nitrogen and oxygen atoms in total. The number of ether oxygens (including phenoxy) is 1. The van der Waals surface area contributed by atoms with Crippen LogP contribution < -0.4 is 10.1 Å². The van der Waals surface area contributed by atoms with E-state index in [1.165, 1.54) is 19.3 Å². The van der Waals surface area contributed by atoms with Gasteiger partial charge in [0.05, 0.1) is 5.56 Å². The Morgan fingerprint density at radius 1 is 1.19 bits per heavy atom. The zero-order chi connectivity index (χ0) is 15.1. The van der Waals surface area contributed by atoms with Crippen molar-refractivity contribution in [2.75, 3.05) is 6.61 Å². The number of hydrogen-bond donors (Lipinski definition) is 1. The Morgan fingerprint density at radius 3 is 2.62 bits per heavy atom. The number of ketones is 1. The second-order valence-corrected chi connectivity index (χ2v) is 5.46. The van der Waals surface area contributed by atoms with E-state index in [0.717, 1.165) is 12.8 Å². The van der Waals surface area contributed by atoms with Crippen LogP contribution in [0.5, 0.6) is 5.75 Å². The van der Waals surface area contributed by atoms with Crippen LogP contribution in [0, 0.1) is 0 Å². The Kier molecular flexibility index (Phi) is 5.78. The van der Waals surface area contributed by atoms with E-state index in [-0.39, 0.29) is 24.3 Å². The van der Waals surface area contributed by atoms with Gasteiger partial charge >= 0.3 is 0 Å². The molecule has 1 amide bonds. The monoisotopic (exact) mass is 289 g/mol. The summed E-state index contributed by atoms with van der Waals surface area (Å²) < 4.78 is 5.53. The van der Waals surface area contributed by atoms with Gasteiger partial charge in [-0.3, -0.25) is 9.59 Å². The fraction of sp³-hybridized carbons (Fsp3) is 0.529. The molecule has 1 aromatic carbocycles. The lowest BCUT2D eigenvalue weighted by atomic mass is 9.95. The average Bonchev–Trinajstić information content (AvgIpc) is 2.53. The van der Waals surface area contributed by atoms with Crippen molar-refractivity contribution in [2.24, 2.45) is 0 Å². The summed E-state index contributed by atoms with van der Waals surface area (Å²) in [5.41, 5.74) is 0.547. The molecule has 1 N–H and O–H groups in total. The summed E-state index contributed by atoms with van der Waals surface area (Å²) in [6.45, 7) is 1.78. The molecule has 1 aliphatic carbocycles. The summed E-state index contributed by atoms with van der Waals surface area (Å²) >= 11 is 0. The Balaban J connectivity index is 1.87. The second-order valence-electron chi connectivity index (χ2n) is 5.46. The predicted molar refractivity (Wildman–Crippen MR) is 81.6 cm³/mol. The third kappa shape index (κ3) is 4.59. The van der Waals surface area contributed by atoms with Gasteiger partial charge in [0.25, 0.3) is 5.91 Å². The van der Waals surface area contributed by atoms with Crippen LogP contribution in [-0.2, 0) is 4.79 Å². The van der Waals surface area contributed by atoms with Crippen LogP contribution in [0.25, 0.3) is 0 Å². The molecule has 2 rings (SSSR count). The smallest absolute Gasteiger partial charge is 0.258 e. The number of benzene rings is 1. The maximum Gasteiger partial charge on any atom is 0.258 e. The molecule has 0 unspecified atom stereocenters. The Hall–Kier alpha value is -1.84. The van der Waals surface area contributed by atoms with E-state index in [4.69, 9.17) is 4.74 Å². The lowest BCUT2D eigenvalue weighted by molar-refractivity contribution is -0.124. The van der Waals surface area contributed by atoms with Crippen molar-refractivity contribution in [3.8, 4) is 5.75 Å². The lowest BCUT2D eigenvalue weighted by Crippen LogP contribution is -2.39. The molecule has 0 spiro atoms. The molecule has 0 radical (unpaired) electrons. The number of carbonyl (C=O) groups excluding carboxylic acids is 2. The van der Waals surface area contributed by atoms with Crippen molar-refractivity contribution >= 4 is 11.7 Å². The summed E-state index contributed by atoms with van der Waals surface area (Å²) in [6.07, 6.45) is 6.15. The first kappa shape index (κ1) is 15.5. The molecule has 0 bridgehead atoms. The van der Waals surface area contributed by atoms with Gasteiger partial charge in [0.15, 0.2) is 12.4 Å². The van der Waals surface area contributed by atoms with Crippen LogP contribution >= 0.6 is 0 Å². The minimum Gasteiger partial charge on any atom is -0.483 e. The molecule has 0 saturated heterocycles. The van der Waals surface area contributed by atoms with Crippen LogP contribution in [0.1, 0.15) is 55.8 Å². The number of rotatable bonds is 6. The molecule has 0 heterocycles. The highest BCUT2D eigenvalue weighted by molar-refractivity contribution is 5.98. The number of carbonyl (C=O) groups is 2. The highest BCUT2D eigenvalue weighted by Crippen LogP contribution is 2.20. The number of hydrogen-bond acceptors (Lipinski definition) is 3. The van der Waals surface area contributed by atoms with E-state index in [2.05, 4.69) is 5.32 Å². The minimum absolute atomic E-state index is 0.0262. The number of nitrogens with one attached hydrogen (secondary N) is 1. The van der Waals surface area contributed by atoms with Crippen molar-refractivity contribution in [2.45, 2.75) is 51.5 Å². The van der Waals surface area contributed by atoms with Gasteiger partial charge in [-0.1, -0.05) is 38.3 Å². The molecule has 114 valence electrons. The van der Waals surface area contributed by atoms with Gasteiger partial charge in [-0.2, -0.15) is 0 Å². The molecule has 0 atom stereocenters. The van der Waals surface area contributed by atoms with Crippen LogP contribution in [0.15, 0.2) is 24.3 Å². The number of Topliss-reactive ketones (excluding diaryl/α,β-unsaturated/α-hetero) is 1. The fourth-order valence-corrected chi connectivity index (χ4v) is 2.67. The molecular weight excluding hydrogens is 266 g/mol. The molecule has 4 heteroatoms. The first-order valence-electron chi connectivity index (χ1n) is 7.75. The van der Waals surface area contributed by atoms with E-state index < -0.39 is 0 Å². The van der Waals surface area contributed by atoms with Gasteiger partial charge in [0.2, 0.25) is 0 Å². The van der Waals surface area contributed by atoms with Crippen molar-refractivity contribution in [3.63, 3.8) is 0 Å². The fourth-order valence-electron chi connectivity index (χ4n) is 2.67. The molecule has 1 fully saturated rings. The zero-order valence-corrected chi connectivity index (χ0v) is 12.6. The molecule has 1 aromatic rings. The van der Waals surface area contributed by atoms with Gasteiger partial charge < -0.3 is 10.1 Å². The molecule has 0 aliphatic heterocycles.